The van der Waals surface area contributed by atoms with E-state index in [0.717, 1.165) is 5.56 Å². The minimum atomic E-state index is -1.25. The van der Waals surface area contributed by atoms with Crippen molar-refractivity contribution in [3.63, 3.8) is 0 Å². The lowest BCUT2D eigenvalue weighted by Gasteiger charge is -2.27. The van der Waals surface area contributed by atoms with Gasteiger partial charge >= 0.3 is 12.1 Å². The van der Waals surface area contributed by atoms with Gasteiger partial charge in [-0.15, -0.1) is 0 Å². The van der Waals surface area contributed by atoms with Gasteiger partial charge in [0.05, 0.1) is 0 Å². The Kier molecular flexibility index (Phi) is 9.21. The fraction of sp³-hybridized carbons (Fsp3) is 0.476. The molecule has 7 heteroatoms. The van der Waals surface area contributed by atoms with Crippen LogP contribution in [0.15, 0.2) is 43.0 Å². The highest BCUT2D eigenvalue weighted by Crippen LogP contribution is 2.10. The third-order valence-electron chi connectivity index (χ3n) is 3.81. The maximum Gasteiger partial charge on any atom is 0.408 e. The van der Waals surface area contributed by atoms with Crippen LogP contribution in [0, 0.1) is 5.92 Å². The number of amides is 2. The lowest BCUT2D eigenvalue weighted by atomic mass is 10.0. The van der Waals surface area contributed by atoms with Crippen LogP contribution in [-0.4, -0.2) is 36.2 Å². The standard InChI is InChI=1S/C21H30N2O5/c1-6-12-27-19(25)21(4,5)23-18(24)17(13-15(2)3)22-20(26)28-14-16-10-8-7-9-11-16/h6-11,15,17H,1,12-14H2,2-5H3,(H,22,26)(H,23,24). The van der Waals surface area contributed by atoms with Crippen molar-refractivity contribution in [2.24, 2.45) is 5.92 Å². The molecule has 1 unspecified atom stereocenters. The zero-order valence-electron chi connectivity index (χ0n) is 17.0. The smallest absolute Gasteiger partial charge is 0.408 e. The molecular weight excluding hydrogens is 360 g/mol. The predicted octanol–water partition coefficient (Wildman–Crippen LogP) is 2.95. The van der Waals surface area contributed by atoms with Crippen LogP contribution < -0.4 is 10.6 Å². The first-order chi connectivity index (χ1) is 13.2. The van der Waals surface area contributed by atoms with Crippen LogP contribution in [0.5, 0.6) is 0 Å². The number of ether oxygens (including phenoxy) is 2. The summed E-state index contributed by atoms with van der Waals surface area (Å²) in [6, 6.07) is 8.40. The number of hydrogen-bond donors (Lipinski definition) is 2. The maximum atomic E-state index is 12.7. The van der Waals surface area contributed by atoms with E-state index in [-0.39, 0.29) is 19.1 Å². The fourth-order valence-electron chi connectivity index (χ4n) is 2.37. The second-order valence-electron chi connectivity index (χ2n) is 7.39. The highest BCUT2D eigenvalue weighted by molar-refractivity contribution is 5.91. The molecule has 0 aromatic heterocycles. The SMILES string of the molecule is C=CCOC(=O)C(C)(C)NC(=O)C(CC(C)C)NC(=O)OCc1ccccc1. The van der Waals surface area contributed by atoms with Gasteiger partial charge in [0.2, 0.25) is 5.91 Å². The van der Waals surface area contributed by atoms with Crippen molar-refractivity contribution in [3.8, 4) is 0 Å². The molecule has 0 radical (unpaired) electrons. The van der Waals surface area contributed by atoms with Crippen molar-refractivity contribution in [2.75, 3.05) is 6.61 Å². The molecule has 7 nitrogen and oxygen atoms in total. The van der Waals surface area contributed by atoms with Crippen LogP contribution in [0.1, 0.15) is 39.7 Å². The molecule has 0 fully saturated rings. The van der Waals surface area contributed by atoms with Gasteiger partial charge in [-0.2, -0.15) is 0 Å². The molecule has 0 heterocycles. The van der Waals surface area contributed by atoms with Crippen LogP contribution >= 0.6 is 0 Å². The second-order valence-corrected chi connectivity index (χ2v) is 7.39. The molecule has 2 amide bonds. The van der Waals surface area contributed by atoms with Gasteiger partial charge in [-0.25, -0.2) is 9.59 Å². The summed E-state index contributed by atoms with van der Waals surface area (Å²) in [5, 5.41) is 5.21. The Morgan fingerprint density at radius 1 is 1.14 bits per heavy atom. The average molecular weight is 390 g/mol. The Bertz CT molecular complexity index is 671. The van der Waals surface area contributed by atoms with E-state index in [1.807, 2.05) is 44.2 Å². The summed E-state index contributed by atoms with van der Waals surface area (Å²) in [6.45, 7) is 10.6. The fourth-order valence-corrected chi connectivity index (χ4v) is 2.37. The lowest BCUT2D eigenvalue weighted by Crippen LogP contribution is -2.57. The Balaban J connectivity index is 2.69. The van der Waals surface area contributed by atoms with E-state index in [0.29, 0.717) is 6.42 Å². The van der Waals surface area contributed by atoms with Crippen molar-refractivity contribution in [3.05, 3.63) is 48.6 Å². The van der Waals surface area contributed by atoms with Gasteiger partial charge in [0.15, 0.2) is 0 Å². The van der Waals surface area contributed by atoms with Crippen molar-refractivity contribution in [2.45, 2.75) is 52.3 Å². The van der Waals surface area contributed by atoms with Crippen molar-refractivity contribution < 1.29 is 23.9 Å². The molecule has 0 bridgehead atoms. The Morgan fingerprint density at radius 2 is 1.79 bits per heavy atom. The largest absolute Gasteiger partial charge is 0.460 e. The summed E-state index contributed by atoms with van der Waals surface area (Å²) in [4.78, 5) is 36.9. The Labute approximate surface area is 166 Å². The van der Waals surface area contributed by atoms with E-state index in [1.165, 1.54) is 19.9 Å². The third-order valence-corrected chi connectivity index (χ3v) is 3.81. The Morgan fingerprint density at radius 3 is 2.36 bits per heavy atom. The Hall–Kier alpha value is -2.83. The van der Waals surface area contributed by atoms with E-state index >= 15 is 0 Å². The summed E-state index contributed by atoms with van der Waals surface area (Å²) >= 11 is 0. The van der Waals surface area contributed by atoms with Crippen molar-refractivity contribution in [1.82, 2.24) is 10.6 Å². The monoisotopic (exact) mass is 390 g/mol. The van der Waals surface area contributed by atoms with Gasteiger partial charge in [-0.1, -0.05) is 56.8 Å². The normalized spacial score (nSPS) is 12.0. The molecule has 0 aliphatic rings. The first-order valence-corrected chi connectivity index (χ1v) is 9.23. The molecule has 0 aliphatic carbocycles. The van der Waals surface area contributed by atoms with Gasteiger partial charge < -0.3 is 20.1 Å². The number of alkyl carbamates (subject to hydrolysis) is 1. The van der Waals surface area contributed by atoms with Gasteiger partial charge in [-0.05, 0) is 31.7 Å². The van der Waals surface area contributed by atoms with E-state index in [2.05, 4.69) is 17.2 Å². The first-order valence-electron chi connectivity index (χ1n) is 9.23. The number of benzene rings is 1. The van der Waals surface area contributed by atoms with Crippen LogP contribution in [0.4, 0.5) is 4.79 Å². The molecule has 1 rings (SSSR count). The van der Waals surface area contributed by atoms with Gasteiger partial charge in [0.25, 0.3) is 0 Å². The highest BCUT2D eigenvalue weighted by atomic mass is 16.5. The molecule has 0 aliphatic heterocycles. The maximum absolute atomic E-state index is 12.7. The average Bonchev–Trinajstić information content (AvgIpc) is 2.64. The summed E-state index contributed by atoms with van der Waals surface area (Å²) in [6.07, 6.45) is 1.14. The second kappa shape index (κ2) is 11.1. The lowest BCUT2D eigenvalue weighted by molar-refractivity contribution is -0.151. The molecule has 2 N–H and O–H groups in total. The number of nitrogens with one attached hydrogen (secondary N) is 2. The van der Waals surface area contributed by atoms with Crippen molar-refractivity contribution in [1.29, 1.82) is 0 Å². The van der Waals surface area contributed by atoms with E-state index in [1.54, 1.807) is 0 Å². The zero-order chi connectivity index (χ0) is 21.2. The first kappa shape index (κ1) is 23.2. The summed E-state index contributed by atoms with van der Waals surface area (Å²) in [5.41, 5.74) is -0.404. The van der Waals surface area contributed by atoms with Gasteiger partial charge in [0.1, 0.15) is 24.8 Å². The molecular formula is C21H30N2O5. The molecule has 1 aromatic carbocycles. The van der Waals surface area contributed by atoms with E-state index in [4.69, 9.17) is 9.47 Å². The molecule has 0 spiro atoms. The molecule has 0 saturated heterocycles. The van der Waals surface area contributed by atoms with Crippen LogP contribution in [0.3, 0.4) is 0 Å². The quantitative estimate of drug-likeness (QED) is 0.473. The van der Waals surface area contributed by atoms with Crippen LogP contribution in [0.2, 0.25) is 0 Å². The number of rotatable bonds is 10. The minimum Gasteiger partial charge on any atom is -0.460 e. The van der Waals surface area contributed by atoms with Crippen LogP contribution in [-0.2, 0) is 25.7 Å². The molecule has 1 aromatic rings. The molecule has 28 heavy (non-hydrogen) atoms. The molecule has 0 saturated carbocycles. The number of carbonyl (C=O) groups is 3. The number of esters is 1. The molecule has 154 valence electrons. The number of hydrogen-bond acceptors (Lipinski definition) is 5. The summed E-state index contributed by atoms with van der Waals surface area (Å²) < 4.78 is 10.2. The summed E-state index contributed by atoms with van der Waals surface area (Å²) in [7, 11) is 0. The topological polar surface area (TPSA) is 93.7 Å². The van der Waals surface area contributed by atoms with Gasteiger partial charge in [-0.3, -0.25) is 4.79 Å². The van der Waals surface area contributed by atoms with E-state index in [9.17, 15) is 14.4 Å². The predicted molar refractivity (Wildman–Crippen MR) is 106 cm³/mol. The zero-order valence-corrected chi connectivity index (χ0v) is 17.0. The minimum absolute atomic E-state index is 0.0532. The highest BCUT2D eigenvalue weighted by Gasteiger charge is 2.34. The van der Waals surface area contributed by atoms with E-state index < -0.39 is 29.6 Å². The number of carbonyl (C=O) groups excluding carboxylic acids is 3. The molecule has 1 atom stereocenters. The summed E-state index contributed by atoms with van der Waals surface area (Å²) in [5.74, 6) is -0.928. The van der Waals surface area contributed by atoms with Crippen molar-refractivity contribution >= 4 is 18.0 Å². The van der Waals surface area contributed by atoms with Gasteiger partial charge in [0, 0.05) is 0 Å². The van der Waals surface area contributed by atoms with Crippen LogP contribution in [0.25, 0.3) is 0 Å². The third kappa shape index (κ3) is 8.24.